The van der Waals surface area contributed by atoms with Crippen molar-refractivity contribution < 1.29 is 37.1 Å². The molecule has 7 nitrogen and oxygen atoms in total. The lowest BCUT2D eigenvalue weighted by Crippen LogP contribution is -2.17. The van der Waals surface area contributed by atoms with Crippen molar-refractivity contribution in [3.05, 3.63) is 58.7 Å². The Morgan fingerprint density at radius 2 is 1.82 bits per heavy atom. The van der Waals surface area contributed by atoms with Crippen molar-refractivity contribution in [2.45, 2.75) is 17.7 Å². The molecule has 28 heavy (non-hydrogen) atoms. The van der Waals surface area contributed by atoms with Gasteiger partial charge in [0.15, 0.2) is 0 Å². The van der Waals surface area contributed by atoms with Crippen LogP contribution in [0.4, 0.5) is 18.9 Å². The number of benzene rings is 2. The van der Waals surface area contributed by atoms with Crippen LogP contribution in [0.2, 0.25) is 5.02 Å². The van der Waals surface area contributed by atoms with Gasteiger partial charge in [-0.3, -0.25) is 10.4 Å². The van der Waals surface area contributed by atoms with Crippen LogP contribution in [0, 0.1) is 0 Å². The highest BCUT2D eigenvalue weighted by Crippen LogP contribution is 2.38. The summed E-state index contributed by atoms with van der Waals surface area (Å²) < 4.78 is 66.9. The molecule has 0 bridgehead atoms. The molecule has 150 valence electrons. The summed E-state index contributed by atoms with van der Waals surface area (Å²) in [6.07, 6.45) is -3.96. The number of aliphatic hydroxyl groups is 1. The first-order valence-corrected chi connectivity index (χ1v) is 9.34. The Morgan fingerprint density at radius 3 is 2.39 bits per heavy atom. The Balaban J connectivity index is 2.36. The molecule has 0 aliphatic carbocycles. The third-order valence-corrected chi connectivity index (χ3v) is 6.02. The predicted octanol–water partition coefficient (Wildman–Crippen LogP) is 3.63. The molecule has 0 unspecified atom stereocenters. The molecule has 0 fully saturated rings. The van der Waals surface area contributed by atoms with Crippen LogP contribution < -0.4 is 5.23 Å². The Hall–Kier alpha value is -2.31. The van der Waals surface area contributed by atoms with E-state index in [-0.39, 0.29) is 16.0 Å². The number of anilines is 1. The Morgan fingerprint density at radius 1 is 1.14 bits per heavy atom. The second-order valence-electron chi connectivity index (χ2n) is 5.72. The van der Waals surface area contributed by atoms with Crippen LogP contribution in [0.3, 0.4) is 0 Å². The minimum Gasteiger partial charge on any atom is -0.392 e. The van der Waals surface area contributed by atoms with E-state index >= 15 is 0 Å². The molecule has 3 N–H and O–H groups in total. The summed E-state index contributed by atoms with van der Waals surface area (Å²) in [5, 5.41) is 27.1. The summed E-state index contributed by atoms with van der Waals surface area (Å²) >= 11 is 5.75. The quantitative estimate of drug-likeness (QED) is 0.540. The topological polar surface area (TPSA) is 103 Å². The maximum absolute atomic E-state index is 13.5. The van der Waals surface area contributed by atoms with Gasteiger partial charge in [0.1, 0.15) is 5.69 Å². The van der Waals surface area contributed by atoms with Crippen LogP contribution in [0.5, 0.6) is 0 Å². The highest BCUT2D eigenvalue weighted by Gasteiger charge is 2.36. The molecule has 0 amide bonds. The molecule has 1 heterocycles. The number of fused-ring (bicyclic) bond motifs is 1. The van der Waals surface area contributed by atoms with Gasteiger partial charge in [0.2, 0.25) is 0 Å². The molecule has 0 spiro atoms. The molecular formula is C16H12ClF3N2O5S. The lowest BCUT2D eigenvalue weighted by Gasteiger charge is -2.15. The summed E-state index contributed by atoms with van der Waals surface area (Å²) in [6.45, 7) is -0.687. The number of hydrogen-bond acceptors (Lipinski definition) is 6. The van der Waals surface area contributed by atoms with Crippen LogP contribution in [0.15, 0.2) is 47.5 Å². The minimum absolute atomic E-state index is 0.0233. The van der Waals surface area contributed by atoms with Crippen LogP contribution in [0.25, 0.3) is 10.9 Å². The zero-order valence-electron chi connectivity index (χ0n) is 13.7. The van der Waals surface area contributed by atoms with E-state index in [0.29, 0.717) is 3.97 Å². The molecule has 1 aromatic heterocycles. The number of para-hydroxylation sites is 1. The summed E-state index contributed by atoms with van der Waals surface area (Å²) in [7, 11) is -4.61. The molecule has 3 rings (SSSR count). The normalized spacial score (nSPS) is 12.5. The number of aromatic nitrogens is 1. The third kappa shape index (κ3) is 3.31. The molecule has 0 saturated heterocycles. The van der Waals surface area contributed by atoms with Gasteiger partial charge in [-0.15, -0.1) is 5.23 Å². The first kappa shape index (κ1) is 20.4. The van der Waals surface area contributed by atoms with E-state index < -0.39 is 49.7 Å². The number of aliphatic hydroxyl groups excluding tert-OH is 1. The van der Waals surface area contributed by atoms with Gasteiger partial charge < -0.3 is 5.11 Å². The van der Waals surface area contributed by atoms with Crippen molar-refractivity contribution in [2.75, 3.05) is 5.23 Å². The van der Waals surface area contributed by atoms with Crippen LogP contribution in [0.1, 0.15) is 11.1 Å². The zero-order chi connectivity index (χ0) is 20.9. The van der Waals surface area contributed by atoms with Gasteiger partial charge in [-0.1, -0.05) is 23.7 Å². The molecule has 2 aromatic carbocycles. The lowest BCUT2D eigenvalue weighted by molar-refractivity contribution is -0.136. The number of rotatable bonds is 4. The summed E-state index contributed by atoms with van der Waals surface area (Å²) in [5.41, 5.74) is -2.36. The third-order valence-electron chi connectivity index (χ3n) is 4.04. The maximum Gasteiger partial charge on any atom is 0.418 e. The predicted molar refractivity (Wildman–Crippen MR) is 93.0 cm³/mol. The zero-order valence-corrected chi connectivity index (χ0v) is 15.3. The van der Waals surface area contributed by atoms with Gasteiger partial charge in [0.25, 0.3) is 10.0 Å². The number of hydrogen-bond donors (Lipinski definition) is 3. The van der Waals surface area contributed by atoms with Gasteiger partial charge in [-0.05, 0) is 24.3 Å². The van der Waals surface area contributed by atoms with Crippen molar-refractivity contribution >= 4 is 38.2 Å². The standard InChI is InChI=1S/C16H12ClF3N2O5S/c17-13-5-4-10(6-14(13)22(24)25)28(26,27)21-7-9(8-23)11-2-1-3-12(15(11)21)16(18,19)20/h1-7,23-25H,8H2. The van der Waals surface area contributed by atoms with Crippen molar-refractivity contribution in [3.63, 3.8) is 0 Å². The minimum atomic E-state index is -4.85. The number of halogens is 4. The molecule has 12 heteroatoms. The Kier molecular flexibility index (Phi) is 5.06. The molecule has 0 aliphatic heterocycles. The highest BCUT2D eigenvalue weighted by atomic mass is 35.5. The van der Waals surface area contributed by atoms with Crippen LogP contribution in [-0.2, 0) is 22.8 Å². The first-order valence-electron chi connectivity index (χ1n) is 7.52. The summed E-state index contributed by atoms with van der Waals surface area (Å²) in [4.78, 5) is -0.543. The smallest absolute Gasteiger partial charge is 0.392 e. The van der Waals surface area contributed by atoms with Gasteiger partial charge in [0.05, 0.1) is 27.6 Å². The van der Waals surface area contributed by atoms with Gasteiger partial charge >= 0.3 is 6.18 Å². The summed E-state index contributed by atoms with van der Waals surface area (Å²) in [6, 6.07) is 5.94. The maximum atomic E-state index is 13.5. The molecule has 3 aromatic rings. The van der Waals surface area contributed by atoms with E-state index in [2.05, 4.69) is 0 Å². The fourth-order valence-electron chi connectivity index (χ4n) is 2.78. The molecule has 0 aliphatic rings. The van der Waals surface area contributed by atoms with E-state index in [1.165, 1.54) is 6.07 Å². The number of alkyl halides is 3. The monoisotopic (exact) mass is 436 g/mol. The molecular weight excluding hydrogens is 425 g/mol. The Labute approximate surface area is 161 Å². The van der Waals surface area contributed by atoms with Gasteiger partial charge in [0, 0.05) is 17.1 Å². The lowest BCUT2D eigenvalue weighted by atomic mass is 10.1. The SMILES string of the molecule is O=S(=O)(c1ccc(Cl)c(N(O)O)c1)n1cc(CO)c2cccc(C(F)(F)F)c21. The number of nitrogens with zero attached hydrogens (tertiary/aromatic N) is 2. The van der Waals surface area contributed by atoms with E-state index in [4.69, 9.17) is 22.0 Å². The van der Waals surface area contributed by atoms with E-state index in [0.717, 1.165) is 36.5 Å². The van der Waals surface area contributed by atoms with Crippen molar-refractivity contribution in [1.29, 1.82) is 0 Å². The van der Waals surface area contributed by atoms with Crippen molar-refractivity contribution in [3.8, 4) is 0 Å². The summed E-state index contributed by atoms with van der Waals surface area (Å²) in [5.74, 6) is 0. The second-order valence-corrected chi connectivity index (χ2v) is 7.94. The molecule has 0 saturated carbocycles. The largest absolute Gasteiger partial charge is 0.418 e. The van der Waals surface area contributed by atoms with E-state index in [9.17, 15) is 26.7 Å². The Bertz CT molecular complexity index is 1160. The second kappa shape index (κ2) is 6.94. The average Bonchev–Trinajstić information content (AvgIpc) is 3.00. The average molecular weight is 437 g/mol. The van der Waals surface area contributed by atoms with E-state index in [1.807, 2.05) is 0 Å². The van der Waals surface area contributed by atoms with Gasteiger partial charge in [-0.2, -0.15) is 13.2 Å². The van der Waals surface area contributed by atoms with Crippen molar-refractivity contribution in [2.24, 2.45) is 0 Å². The molecule has 0 atom stereocenters. The van der Waals surface area contributed by atoms with Crippen LogP contribution in [-0.4, -0.2) is 27.9 Å². The fourth-order valence-corrected chi connectivity index (χ4v) is 4.40. The molecule has 0 radical (unpaired) electrons. The van der Waals surface area contributed by atoms with Crippen molar-refractivity contribution in [1.82, 2.24) is 3.97 Å². The van der Waals surface area contributed by atoms with E-state index in [1.54, 1.807) is 0 Å². The first-order chi connectivity index (χ1) is 13.0. The van der Waals surface area contributed by atoms with Gasteiger partial charge in [-0.25, -0.2) is 12.4 Å². The highest BCUT2D eigenvalue weighted by molar-refractivity contribution is 7.90. The fraction of sp³-hybridized carbons (Fsp3) is 0.125. The van der Waals surface area contributed by atoms with Crippen LogP contribution >= 0.6 is 11.6 Å².